The minimum atomic E-state index is -0.666. The van der Waals surface area contributed by atoms with E-state index in [9.17, 15) is 19.7 Å². The van der Waals surface area contributed by atoms with Crippen molar-refractivity contribution in [3.05, 3.63) is 85.8 Å². The van der Waals surface area contributed by atoms with Crippen LogP contribution in [0.25, 0.3) is 11.0 Å². The molecular formula is C23H21N3O6. The lowest BCUT2D eigenvalue weighted by atomic mass is 9.98. The van der Waals surface area contributed by atoms with Crippen LogP contribution in [0, 0.1) is 10.1 Å². The maximum atomic E-state index is 13.4. The van der Waals surface area contributed by atoms with Crippen molar-refractivity contribution in [2.24, 2.45) is 0 Å². The fourth-order valence-electron chi connectivity index (χ4n) is 4.40. The van der Waals surface area contributed by atoms with Gasteiger partial charge in [-0.15, -0.1) is 0 Å². The molecule has 2 aliphatic heterocycles. The number of hydrogen-bond donors (Lipinski definition) is 0. The number of ether oxygens (including phenoxy) is 1. The van der Waals surface area contributed by atoms with Gasteiger partial charge in [-0.2, -0.15) is 0 Å². The smallest absolute Gasteiger partial charge is 0.290 e. The molecule has 32 heavy (non-hydrogen) atoms. The van der Waals surface area contributed by atoms with Gasteiger partial charge in [0, 0.05) is 38.3 Å². The molecule has 0 spiro atoms. The normalized spacial score (nSPS) is 18.8. The molecule has 1 unspecified atom stereocenters. The van der Waals surface area contributed by atoms with Gasteiger partial charge in [0.2, 0.25) is 5.76 Å². The summed E-state index contributed by atoms with van der Waals surface area (Å²) in [7, 11) is 0. The zero-order valence-corrected chi connectivity index (χ0v) is 17.2. The number of non-ortho nitro benzene ring substituents is 1. The lowest BCUT2D eigenvalue weighted by Crippen LogP contribution is -2.42. The highest BCUT2D eigenvalue weighted by Gasteiger charge is 2.42. The van der Waals surface area contributed by atoms with E-state index in [0.717, 1.165) is 13.1 Å². The number of fused-ring (bicyclic) bond motifs is 2. The average molecular weight is 435 g/mol. The molecule has 0 aliphatic carbocycles. The fraction of sp³-hybridized carbons (Fsp3) is 0.304. The van der Waals surface area contributed by atoms with Crippen LogP contribution in [-0.4, -0.2) is 60.0 Å². The van der Waals surface area contributed by atoms with Gasteiger partial charge in [0.25, 0.3) is 11.6 Å². The summed E-state index contributed by atoms with van der Waals surface area (Å²) in [6.45, 7) is 3.86. The summed E-state index contributed by atoms with van der Waals surface area (Å²) in [5.41, 5.74) is 0.968. The highest BCUT2D eigenvalue weighted by Crippen LogP contribution is 2.38. The fourth-order valence-corrected chi connectivity index (χ4v) is 4.40. The molecule has 9 heteroatoms. The molecular weight excluding hydrogens is 414 g/mol. The van der Waals surface area contributed by atoms with Gasteiger partial charge in [0.05, 0.1) is 35.1 Å². The molecule has 1 saturated heterocycles. The first-order valence-corrected chi connectivity index (χ1v) is 10.5. The lowest BCUT2D eigenvalue weighted by Gasteiger charge is -2.31. The van der Waals surface area contributed by atoms with E-state index < -0.39 is 11.0 Å². The van der Waals surface area contributed by atoms with Crippen LogP contribution < -0.4 is 5.43 Å². The van der Waals surface area contributed by atoms with Crippen LogP contribution in [0.4, 0.5) is 5.69 Å². The van der Waals surface area contributed by atoms with Crippen LogP contribution >= 0.6 is 0 Å². The standard InChI is InChI=1S/C23H21N3O6/c27-21-17-3-1-2-4-18(17)32-22-19(21)20(15-5-7-16(8-6-15)26(29)30)25(23(22)28)10-9-24-11-13-31-14-12-24/h1-8,20H,9-14H2. The van der Waals surface area contributed by atoms with Crippen molar-refractivity contribution >= 4 is 22.6 Å². The van der Waals surface area contributed by atoms with Gasteiger partial charge in [-0.25, -0.2) is 0 Å². The minimum absolute atomic E-state index is 0.0408. The predicted octanol–water partition coefficient (Wildman–Crippen LogP) is 2.58. The first-order chi connectivity index (χ1) is 15.5. The van der Waals surface area contributed by atoms with Gasteiger partial charge >= 0.3 is 0 Å². The quantitative estimate of drug-likeness (QED) is 0.448. The lowest BCUT2D eigenvalue weighted by molar-refractivity contribution is -0.384. The Balaban J connectivity index is 1.58. The number of rotatable bonds is 5. The maximum absolute atomic E-state index is 13.4. The van der Waals surface area contributed by atoms with Gasteiger partial charge in [0.15, 0.2) is 5.43 Å². The number of amides is 1. The van der Waals surface area contributed by atoms with Crippen molar-refractivity contribution in [3.8, 4) is 0 Å². The largest absolute Gasteiger partial charge is 0.450 e. The van der Waals surface area contributed by atoms with E-state index >= 15 is 0 Å². The average Bonchev–Trinajstić information content (AvgIpc) is 3.10. The molecule has 1 atom stereocenters. The SMILES string of the molecule is O=C1c2oc3ccccc3c(=O)c2C(c2ccc([N+](=O)[O-])cc2)N1CCN1CCOCC1. The Labute approximate surface area is 182 Å². The molecule has 5 rings (SSSR count). The summed E-state index contributed by atoms with van der Waals surface area (Å²) in [6.07, 6.45) is 0. The Kier molecular flexibility index (Phi) is 5.20. The summed E-state index contributed by atoms with van der Waals surface area (Å²) in [4.78, 5) is 41.2. The van der Waals surface area contributed by atoms with Crippen LogP contribution in [0.1, 0.15) is 27.7 Å². The second-order valence-electron chi connectivity index (χ2n) is 7.87. The Morgan fingerprint density at radius 3 is 2.44 bits per heavy atom. The van der Waals surface area contributed by atoms with Crippen molar-refractivity contribution < 1.29 is 18.9 Å². The highest BCUT2D eigenvalue weighted by molar-refractivity contribution is 5.99. The third kappa shape index (κ3) is 3.45. The summed E-state index contributed by atoms with van der Waals surface area (Å²) in [5.74, 6) is -0.307. The van der Waals surface area contributed by atoms with Gasteiger partial charge in [-0.05, 0) is 29.8 Å². The highest BCUT2D eigenvalue weighted by atomic mass is 16.6. The summed E-state index contributed by atoms with van der Waals surface area (Å²) < 4.78 is 11.3. The number of morpholine rings is 1. The van der Waals surface area contributed by atoms with Crippen molar-refractivity contribution in [2.75, 3.05) is 39.4 Å². The van der Waals surface area contributed by atoms with E-state index in [4.69, 9.17) is 9.15 Å². The van der Waals surface area contributed by atoms with Crippen LogP contribution in [0.5, 0.6) is 0 Å². The molecule has 0 radical (unpaired) electrons. The van der Waals surface area contributed by atoms with Crippen LogP contribution in [0.2, 0.25) is 0 Å². The van der Waals surface area contributed by atoms with E-state index in [1.54, 1.807) is 41.3 Å². The molecule has 0 N–H and O–H groups in total. The van der Waals surface area contributed by atoms with Gasteiger partial charge in [-0.3, -0.25) is 24.6 Å². The topological polar surface area (TPSA) is 106 Å². The predicted molar refractivity (Wildman–Crippen MR) is 116 cm³/mol. The molecule has 1 fully saturated rings. The summed E-state index contributed by atoms with van der Waals surface area (Å²) >= 11 is 0. The van der Waals surface area contributed by atoms with E-state index in [-0.39, 0.29) is 28.3 Å². The molecule has 3 aromatic rings. The first-order valence-electron chi connectivity index (χ1n) is 10.5. The number of nitrogens with zero attached hydrogens (tertiary/aromatic N) is 3. The zero-order chi connectivity index (χ0) is 22.2. The van der Waals surface area contributed by atoms with Gasteiger partial charge in [0.1, 0.15) is 5.58 Å². The minimum Gasteiger partial charge on any atom is -0.450 e. The number of nitro benzene ring substituents is 1. The number of hydrogen-bond acceptors (Lipinski definition) is 7. The molecule has 1 aromatic heterocycles. The van der Waals surface area contributed by atoms with E-state index in [1.807, 2.05) is 0 Å². The molecule has 0 bridgehead atoms. The Bertz CT molecular complexity index is 1250. The Morgan fingerprint density at radius 2 is 1.72 bits per heavy atom. The van der Waals surface area contributed by atoms with Crippen LogP contribution in [0.15, 0.2) is 57.7 Å². The van der Waals surface area contributed by atoms with Crippen LogP contribution in [-0.2, 0) is 4.74 Å². The number of para-hydroxylation sites is 1. The van der Waals surface area contributed by atoms with Crippen molar-refractivity contribution in [1.82, 2.24) is 9.80 Å². The van der Waals surface area contributed by atoms with Crippen molar-refractivity contribution in [3.63, 3.8) is 0 Å². The molecule has 1 amide bonds. The maximum Gasteiger partial charge on any atom is 0.290 e. The third-order valence-corrected chi connectivity index (χ3v) is 6.05. The molecule has 164 valence electrons. The first kappa shape index (κ1) is 20.3. The number of nitro groups is 1. The number of benzene rings is 2. The van der Waals surface area contributed by atoms with Crippen molar-refractivity contribution in [1.29, 1.82) is 0 Å². The van der Waals surface area contributed by atoms with E-state index in [2.05, 4.69) is 4.90 Å². The molecule has 2 aromatic carbocycles. The summed E-state index contributed by atoms with van der Waals surface area (Å²) in [6, 6.07) is 12.2. The Morgan fingerprint density at radius 1 is 1.00 bits per heavy atom. The number of carbonyl (C=O) groups is 1. The van der Waals surface area contributed by atoms with Gasteiger partial charge in [-0.1, -0.05) is 12.1 Å². The van der Waals surface area contributed by atoms with Crippen molar-refractivity contribution in [2.45, 2.75) is 6.04 Å². The third-order valence-electron chi connectivity index (χ3n) is 6.05. The van der Waals surface area contributed by atoms with E-state index in [1.165, 1.54) is 12.1 Å². The molecule has 2 aliphatic rings. The van der Waals surface area contributed by atoms with Crippen LogP contribution in [0.3, 0.4) is 0 Å². The number of carbonyl (C=O) groups excluding carboxylic acids is 1. The second kappa shape index (κ2) is 8.18. The second-order valence-corrected chi connectivity index (χ2v) is 7.87. The summed E-state index contributed by atoms with van der Waals surface area (Å²) in [5, 5.41) is 11.5. The van der Waals surface area contributed by atoms with Gasteiger partial charge < -0.3 is 14.1 Å². The Hall–Kier alpha value is -3.56. The molecule has 3 heterocycles. The molecule has 0 saturated carbocycles. The van der Waals surface area contributed by atoms with E-state index in [0.29, 0.717) is 42.8 Å². The monoisotopic (exact) mass is 435 g/mol. The zero-order valence-electron chi connectivity index (χ0n) is 17.2. The molecule has 9 nitrogen and oxygen atoms in total.